The van der Waals surface area contributed by atoms with Gasteiger partial charge in [0.1, 0.15) is 6.61 Å². The Morgan fingerprint density at radius 1 is 1.73 bits per heavy atom. The molecular weight excluding hydrogens is 140 g/mol. The molecule has 0 saturated carbocycles. The first-order chi connectivity index (χ1) is 5.43. The van der Waals surface area contributed by atoms with E-state index in [-0.39, 0.29) is 0 Å². The summed E-state index contributed by atoms with van der Waals surface area (Å²) in [5.41, 5.74) is 0. The van der Waals surface area contributed by atoms with Gasteiger partial charge in [-0.2, -0.15) is 4.98 Å². The van der Waals surface area contributed by atoms with E-state index < -0.39 is 0 Å². The normalized spacial score (nSPS) is 8.64. The van der Waals surface area contributed by atoms with E-state index in [0.717, 1.165) is 0 Å². The summed E-state index contributed by atoms with van der Waals surface area (Å²) in [5.74, 6) is 2.97. The van der Waals surface area contributed by atoms with Crippen LogP contribution < -0.4 is 4.74 Å². The second kappa shape index (κ2) is 4.29. The number of hydrogen-bond acceptors (Lipinski definition) is 3. The van der Waals surface area contributed by atoms with Gasteiger partial charge in [0.2, 0.25) is 12.2 Å². The van der Waals surface area contributed by atoms with Crippen molar-refractivity contribution < 1.29 is 4.74 Å². The summed E-state index contributed by atoms with van der Waals surface area (Å²) in [7, 11) is 0. The highest BCUT2D eigenvalue weighted by molar-refractivity contribution is 5.04. The van der Waals surface area contributed by atoms with Crippen LogP contribution in [0.25, 0.3) is 0 Å². The maximum Gasteiger partial charge on any atom is 0.216 e. The monoisotopic (exact) mass is 147 g/mol. The van der Waals surface area contributed by atoms with Crippen molar-refractivity contribution in [1.29, 1.82) is 0 Å². The van der Waals surface area contributed by atoms with Crippen molar-refractivity contribution in [1.82, 2.24) is 9.97 Å². The first-order valence-electron chi connectivity index (χ1n) is 3.19. The Labute approximate surface area is 65.4 Å². The summed E-state index contributed by atoms with van der Waals surface area (Å²) in [5, 5.41) is 0. The van der Waals surface area contributed by atoms with Gasteiger partial charge < -0.3 is 4.74 Å². The van der Waals surface area contributed by atoms with Crippen LogP contribution >= 0.6 is 0 Å². The molecule has 11 heavy (non-hydrogen) atoms. The molecule has 0 aliphatic rings. The summed E-state index contributed by atoms with van der Waals surface area (Å²) in [6.07, 6.45) is 9.59. The smallest absolute Gasteiger partial charge is 0.216 e. The summed E-state index contributed by atoms with van der Waals surface area (Å²) >= 11 is 0. The zero-order valence-electron chi connectivity index (χ0n) is 5.95. The van der Waals surface area contributed by atoms with Crippen molar-refractivity contribution in [2.24, 2.45) is 0 Å². The third-order valence-electron chi connectivity index (χ3n) is 1.01. The summed E-state index contributed by atoms with van der Waals surface area (Å²) in [6, 6.07) is 1.66. The molecule has 3 nitrogen and oxygen atoms in total. The van der Waals surface area contributed by atoms with Crippen LogP contribution in [0.15, 0.2) is 12.3 Å². The van der Waals surface area contributed by atoms with Gasteiger partial charge in [-0.05, 0) is 0 Å². The molecule has 3 heteroatoms. The fourth-order valence-electron chi connectivity index (χ4n) is 0.545. The number of rotatable bonds is 3. The Bertz CT molecular complexity index is 240. The molecule has 1 radical (unpaired) electrons. The standard InChI is InChI=1S/C8H7N2O/c1-2-3-6-11-8-4-5-9-7-10-8/h1,4-5H,3,6H2. The third kappa shape index (κ3) is 2.67. The number of aromatic nitrogens is 2. The molecule has 0 N–H and O–H groups in total. The largest absolute Gasteiger partial charge is 0.477 e. The molecule has 0 atom stereocenters. The highest BCUT2D eigenvalue weighted by Gasteiger charge is 1.90. The number of nitrogens with zero attached hydrogens (tertiary/aromatic N) is 2. The lowest BCUT2D eigenvalue weighted by atomic mass is 10.5. The second-order valence-corrected chi connectivity index (χ2v) is 1.80. The molecule has 1 aromatic rings. The summed E-state index contributed by atoms with van der Waals surface area (Å²) in [4.78, 5) is 7.34. The Hall–Kier alpha value is -1.56. The van der Waals surface area contributed by atoms with Crippen LogP contribution in [0.1, 0.15) is 6.42 Å². The van der Waals surface area contributed by atoms with E-state index in [1.807, 2.05) is 0 Å². The first kappa shape index (κ1) is 7.55. The highest BCUT2D eigenvalue weighted by Crippen LogP contribution is 2.00. The van der Waals surface area contributed by atoms with Gasteiger partial charge in [0.15, 0.2) is 0 Å². The van der Waals surface area contributed by atoms with Crippen molar-refractivity contribution in [2.45, 2.75) is 6.42 Å². The predicted molar refractivity (Wildman–Crippen MR) is 39.8 cm³/mol. The quantitative estimate of drug-likeness (QED) is 0.465. The van der Waals surface area contributed by atoms with Crippen molar-refractivity contribution in [3.63, 3.8) is 0 Å². The average Bonchev–Trinajstić information content (AvgIpc) is 2.07. The van der Waals surface area contributed by atoms with Gasteiger partial charge in [0.05, 0.1) is 0 Å². The van der Waals surface area contributed by atoms with Crippen LogP contribution in [-0.2, 0) is 0 Å². The number of hydrogen-bond donors (Lipinski definition) is 0. The summed E-state index contributed by atoms with van der Waals surface area (Å²) in [6.45, 7) is 0.487. The minimum absolute atomic E-state index is 0.487. The molecule has 0 amide bonds. The van der Waals surface area contributed by atoms with E-state index >= 15 is 0 Å². The summed E-state index contributed by atoms with van der Waals surface area (Å²) < 4.78 is 5.12. The average molecular weight is 147 g/mol. The molecule has 0 unspecified atom stereocenters. The van der Waals surface area contributed by atoms with Crippen LogP contribution in [-0.4, -0.2) is 16.6 Å². The third-order valence-corrected chi connectivity index (χ3v) is 1.01. The Kier molecular flexibility index (Phi) is 2.94. The van der Waals surface area contributed by atoms with E-state index in [1.54, 1.807) is 12.3 Å². The maximum atomic E-state index is 5.12. The van der Waals surface area contributed by atoms with Crippen LogP contribution in [0.5, 0.6) is 5.88 Å². The predicted octanol–water partition coefficient (Wildman–Crippen LogP) is 0.679. The fraction of sp³-hybridized carbons (Fsp3) is 0.250. The number of terminal acetylenes is 1. The van der Waals surface area contributed by atoms with Gasteiger partial charge >= 0.3 is 0 Å². The molecule has 0 spiro atoms. The lowest BCUT2D eigenvalue weighted by Gasteiger charge is -1.99. The topological polar surface area (TPSA) is 35.0 Å². The van der Waals surface area contributed by atoms with E-state index in [0.29, 0.717) is 18.9 Å². The number of ether oxygens (including phenoxy) is 1. The van der Waals surface area contributed by atoms with Crippen molar-refractivity contribution in [3.05, 3.63) is 18.6 Å². The minimum Gasteiger partial charge on any atom is -0.477 e. The lowest BCUT2D eigenvalue weighted by Crippen LogP contribution is -1.97. The molecule has 1 rings (SSSR count). The lowest BCUT2D eigenvalue weighted by molar-refractivity contribution is 0.313. The van der Waals surface area contributed by atoms with E-state index in [1.165, 1.54) is 0 Å². The van der Waals surface area contributed by atoms with Gasteiger partial charge in [0.25, 0.3) is 0 Å². The second-order valence-electron chi connectivity index (χ2n) is 1.80. The molecule has 0 saturated heterocycles. The van der Waals surface area contributed by atoms with Gasteiger partial charge in [-0.15, -0.1) is 12.3 Å². The van der Waals surface area contributed by atoms with Crippen molar-refractivity contribution >= 4 is 0 Å². The molecule has 0 bridgehead atoms. The zero-order chi connectivity index (χ0) is 7.94. The van der Waals surface area contributed by atoms with E-state index in [2.05, 4.69) is 22.2 Å². The Morgan fingerprint density at radius 2 is 2.64 bits per heavy atom. The molecule has 0 fully saturated rings. The molecular formula is C8H7N2O. The molecule has 0 aliphatic carbocycles. The Balaban J connectivity index is 2.35. The SMILES string of the molecule is C#CCCOc1ccn[c]n1. The molecule has 1 heterocycles. The van der Waals surface area contributed by atoms with Crippen LogP contribution in [0.2, 0.25) is 0 Å². The van der Waals surface area contributed by atoms with E-state index in [4.69, 9.17) is 11.2 Å². The van der Waals surface area contributed by atoms with Crippen LogP contribution in [0.3, 0.4) is 0 Å². The first-order valence-corrected chi connectivity index (χ1v) is 3.19. The van der Waals surface area contributed by atoms with Crippen molar-refractivity contribution in [3.8, 4) is 18.2 Å². The minimum atomic E-state index is 0.487. The van der Waals surface area contributed by atoms with Crippen molar-refractivity contribution in [2.75, 3.05) is 6.61 Å². The van der Waals surface area contributed by atoms with Gasteiger partial charge in [-0.25, -0.2) is 4.98 Å². The molecule has 1 aromatic heterocycles. The molecule has 0 aromatic carbocycles. The fourth-order valence-corrected chi connectivity index (χ4v) is 0.545. The van der Waals surface area contributed by atoms with E-state index in [9.17, 15) is 0 Å². The van der Waals surface area contributed by atoms with Crippen LogP contribution in [0, 0.1) is 18.7 Å². The Morgan fingerprint density at radius 3 is 3.27 bits per heavy atom. The van der Waals surface area contributed by atoms with Crippen LogP contribution in [0.4, 0.5) is 0 Å². The van der Waals surface area contributed by atoms with Gasteiger partial charge in [-0.3, -0.25) is 0 Å². The highest BCUT2D eigenvalue weighted by atomic mass is 16.5. The molecule has 55 valence electrons. The van der Waals surface area contributed by atoms with Gasteiger partial charge in [0, 0.05) is 18.7 Å². The van der Waals surface area contributed by atoms with Gasteiger partial charge in [-0.1, -0.05) is 0 Å². The molecule has 0 aliphatic heterocycles. The zero-order valence-corrected chi connectivity index (χ0v) is 5.95. The maximum absolute atomic E-state index is 5.12.